The summed E-state index contributed by atoms with van der Waals surface area (Å²) in [6.07, 6.45) is 12.6. The predicted octanol–water partition coefficient (Wildman–Crippen LogP) is 16.8. The molecule has 2 heteroatoms. The molecule has 0 bridgehead atoms. The third-order valence-corrected chi connectivity index (χ3v) is 12.7. The minimum atomic E-state index is 0.118. The maximum absolute atomic E-state index is 2.54. The van der Waals surface area contributed by atoms with Crippen molar-refractivity contribution in [1.82, 2.24) is 4.57 Å². The largest absolute Gasteiger partial charge is 0.337 e. The van der Waals surface area contributed by atoms with E-state index in [9.17, 15) is 0 Å². The highest BCUT2D eigenvalue weighted by molar-refractivity contribution is 6.00. The molecule has 0 saturated heterocycles. The summed E-state index contributed by atoms with van der Waals surface area (Å²) in [6.45, 7) is 7.47. The first kappa shape index (κ1) is 40.4. The van der Waals surface area contributed by atoms with E-state index < -0.39 is 0 Å². The maximum Gasteiger partial charge on any atom is 0.0615 e. The van der Waals surface area contributed by atoms with Gasteiger partial charge in [-0.15, -0.1) is 0 Å². The van der Waals surface area contributed by atoms with E-state index in [0.717, 1.165) is 12.1 Å². The molecule has 9 aromatic rings. The number of rotatable bonds is 9. The van der Waals surface area contributed by atoms with Crippen molar-refractivity contribution in [2.24, 2.45) is 0 Å². The zero-order valence-corrected chi connectivity index (χ0v) is 36.8. The molecule has 64 heavy (non-hydrogen) atoms. The van der Waals surface area contributed by atoms with Gasteiger partial charge in [0.15, 0.2) is 0 Å². The van der Waals surface area contributed by atoms with Crippen molar-refractivity contribution in [2.75, 3.05) is 11.4 Å². The third-order valence-electron chi connectivity index (χ3n) is 12.7. The summed E-state index contributed by atoms with van der Waals surface area (Å²) < 4.78 is 2.54. The molecule has 0 spiro atoms. The van der Waals surface area contributed by atoms with E-state index in [-0.39, 0.29) is 5.92 Å². The van der Waals surface area contributed by atoms with Crippen molar-refractivity contribution < 1.29 is 0 Å². The molecule has 310 valence electrons. The lowest BCUT2D eigenvalue weighted by molar-refractivity contribution is 0.952. The zero-order valence-electron chi connectivity index (χ0n) is 36.8. The summed E-state index contributed by atoms with van der Waals surface area (Å²) in [4.78, 5) is 2.50. The zero-order chi connectivity index (χ0) is 43.4. The lowest BCUT2D eigenvalue weighted by atomic mass is 9.92. The minimum absolute atomic E-state index is 0.118. The maximum atomic E-state index is 2.54. The number of hydrogen-bond acceptors (Lipinski definition) is 1. The first-order chi connectivity index (χ1) is 31.6. The van der Waals surface area contributed by atoms with E-state index >= 15 is 0 Å². The Labute approximate surface area is 378 Å². The quantitative estimate of drug-likeness (QED) is 0.141. The molecule has 2 heterocycles. The van der Waals surface area contributed by atoms with Crippen LogP contribution in [0.25, 0.3) is 72.7 Å². The van der Waals surface area contributed by atoms with Crippen LogP contribution in [0.2, 0.25) is 0 Å². The highest BCUT2D eigenvalue weighted by atomic mass is 15.1. The van der Waals surface area contributed by atoms with Crippen LogP contribution in [0.4, 0.5) is 11.4 Å². The molecule has 1 aliphatic rings. The van der Waals surface area contributed by atoms with E-state index in [2.05, 4.69) is 261 Å². The molecule has 1 aromatic heterocycles. The molecule has 1 unspecified atom stereocenters. The summed E-state index contributed by atoms with van der Waals surface area (Å²) in [5.74, 6) is 0.118. The molecule has 0 fully saturated rings. The Morgan fingerprint density at radius 2 is 1.03 bits per heavy atom. The summed E-state index contributed by atoms with van der Waals surface area (Å²) in [6, 6.07) is 73.1. The molecular weight excluding hydrogens is 773 g/mol. The Bertz CT molecular complexity index is 3050. The first-order valence-corrected chi connectivity index (χ1v) is 22.6. The topological polar surface area (TPSA) is 8.17 Å². The van der Waals surface area contributed by atoms with Crippen molar-refractivity contribution in [3.8, 4) is 50.2 Å². The van der Waals surface area contributed by atoms with Gasteiger partial charge in [-0.05, 0) is 123 Å². The van der Waals surface area contributed by atoms with Crippen molar-refractivity contribution in [3.05, 3.63) is 247 Å². The number of para-hydroxylation sites is 2. The van der Waals surface area contributed by atoms with Crippen LogP contribution in [-0.2, 0) is 6.42 Å². The summed E-state index contributed by atoms with van der Waals surface area (Å²) in [5, 5.41) is 1.29. The molecule has 1 atom stereocenters. The Morgan fingerprint density at radius 3 is 1.55 bits per heavy atom. The number of benzene rings is 8. The van der Waals surface area contributed by atoms with Crippen LogP contribution < -0.4 is 4.90 Å². The lowest BCUT2D eigenvalue weighted by Gasteiger charge is -2.28. The molecule has 0 N–H and O–H groups in total. The van der Waals surface area contributed by atoms with Crippen molar-refractivity contribution in [2.45, 2.75) is 33.1 Å². The SMILES string of the molecule is C/C=C\c1c(CC)c2cccc(C3=C/C(C)c4ccccc4N(c4cc(-c5ccccc5)cc(-c5ccccc5)c4)C/C=C\3)c2n1-c1cc(-c2ccccc2)cc(-c2ccccc2)c1. The van der Waals surface area contributed by atoms with E-state index in [1.807, 2.05) is 0 Å². The van der Waals surface area contributed by atoms with Crippen LogP contribution in [0.3, 0.4) is 0 Å². The molecule has 0 saturated carbocycles. The van der Waals surface area contributed by atoms with Crippen LogP contribution in [0.15, 0.2) is 224 Å². The molecule has 8 aromatic carbocycles. The second-order valence-electron chi connectivity index (χ2n) is 16.7. The Balaban J connectivity index is 1.16. The molecular formula is C62H52N2. The summed E-state index contributed by atoms with van der Waals surface area (Å²) in [7, 11) is 0. The van der Waals surface area contributed by atoms with Gasteiger partial charge in [-0.3, -0.25) is 0 Å². The van der Waals surface area contributed by atoms with Crippen LogP contribution in [0.1, 0.15) is 49.1 Å². The Morgan fingerprint density at radius 1 is 0.531 bits per heavy atom. The lowest BCUT2D eigenvalue weighted by Crippen LogP contribution is -2.19. The number of nitrogens with zero attached hydrogens (tertiary/aromatic N) is 2. The fourth-order valence-electron chi connectivity index (χ4n) is 9.66. The van der Waals surface area contributed by atoms with E-state index in [4.69, 9.17) is 0 Å². The Kier molecular flexibility index (Phi) is 11.3. The number of anilines is 2. The van der Waals surface area contributed by atoms with Crippen molar-refractivity contribution in [3.63, 3.8) is 0 Å². The summed E-state index contributed by atoms with van der Waals surface area (Å²) in [5.41, 5.74) is 20.7. The van der Waals surface area contributed by atoms with Gasteiger partial charge in [-0.1, -0.05) is 196 Å². The normalized spacial score (nSPS) is 15.3. The van der Waals surface area contributed by atoms with Gasteiger partial charge in [0.05, 0.1) is 5.52 Å². The van der Waals surface area contributed by atoms with Gasteiger partial charge in [0.2, 0.25) is 0 Å². The monoisotopic (exact) mass is 824 g/mol. The van der Waals surface area contributed by atoms with Gasteiger partial charge < -0.3 is 9.47 Å². The van der Waals surface area contributed by atoms with Crippen LogP contribution in [0, 0.1) is 0 Å². The number of aryl methyl sites for hydroxylation is 1. The van der Waals surface area contributed by atoms with Crippen LogP contribution in [0.5, 0.6) is 0 Å². The van der Waals surface area contributed by atoms with Gasteiger partial charge in [-0.2, -0.15) is 0 Å². The van der Waals surface area contributed by atoms with Gasteiger partial charge in [0.1, 0.15) is 0 Å². The molecule has 0 radical (unpaired) electrons. The van der Waals surface area contributed by atoms with Crippen molar-refractivity contribution >= 4 is 33.9 Å². The van der Waals surface area contributed by atoms with Gasteiger partial charge in [-0.25, -0.2) is 0 Å². The minimum Gasteiger partial charge on any atom is -0.337 e. The number of fused-ring (bicyclic) bond motifs is 2. The van der Waals surface area contributed by atoms with Gasteiger partial charge in [0.25, 0.3) is 0 Å². The molecule has 10 rings (SSSR count). The van der Waals surface area contributed by atoms with Crippen LogP contribution >= 0.6 is 0 Å². The number of aromatic nitrogens is 1. The van der Waals surface area contributed by atoms with E-state index in [0.29, 0.717) is 6.54 Å². The Hall–Kier alpha value is -7.68. The second-order valence-corrected chi connectivity index (χ2v) is 16.7. The number of hydrogen-bond donors (Lipinski definition) is 0. The highest BCUT2D eigenvalue weighted by Gasteiger charge is 2.23. The average Bonchev–Trinajstić information content (AvgIpc) is 3.71. The van der Waals surface area contributed by atoms with Crippen LogP contribution in [-0.4, -0.2) is 11.1 Å². The second kappa shape index (κ2) is 18.0. The van der Waals surface area contributed by atoms with E-state index in [1.54, 1.807) is 0 Å². The summed E-state index contributed by atoms with van der Waals surface area (Å²) >= 11 is 0. The number of allylic oxidation sites excluding steroid dienone is 4. The van der Waals surface area contributed by atoms with Crippen molar-refractivity contribution in [1.29, 1.82) is 0 Å². The van der Waals surface area contributed by atoms with E-state index in [1.165, 1.54) is 94.7 Å². The fraction of sp³-hybridized carbons (Fsp3) is 0.0968. The molecule has 0 amide bonds. The molecule has 0 aliphatic carbocycles. The third kappa shape index (κ3) is 7.84. The molecule has 2 nitrogen and oxygen atoms in total. The molecule has 1 aliphatic heterocycles. The first-order valence-electron chi connectivity index (χ1n) is 22.6. The smallest absolute Gasteiger partial charge is 0.0615 e. The predicted molar refractivity (Wildman–Crippen MR) is 275 cm³/mol. The average molecular weight is 825 g/mol. The highest BCUT2D eigenvalue weighted by Crippen LogP contribution is 2.43. The van der Waals surface area contributed by atoms with Gasteiger partial charge in [0, 0.05) is 46.2 Å². The fourth-order valence-corrected chi connectivity index (χ4v) is 9.66. The standard InChI is InChI=1S/C62H52N2/c1-4-22-61-56(5-2)59-34-20-33-58(62(59)64(61)55-42-52(47-27-14-8-15-28-47)39-53(43-55)48-29-16-9-17-30-48)49-31-21-36-63(60-35-19-18-32-57(60)44(3)37-49)54-40-50(45-23-10-6-11-24-45)38-51(41-54)46-25-12-7-13-26-46/h4,6-35,37-44H,5,36H2,1-3H3/b22-4-,31-21-,49-37+. The van der Waals surface area contributed by atoms with Gasteiger partial charge >= 0.3 is 0 Å².